The van der Waals surface area contributed by atoms with Crippen LogP contribution in [0.1, 0.15) is 41.1 Å². The Kier molecular flexibility index (Phi) is 8.82. The summed E-state index contributed by atoms with van der Waals surface area (Å²) in [5.74, 6) is -0.264. The van der Waals surface area contributed by atoms with E-state index in [4.69, 9.17) is 11.0 Å². The predicted molar refractivity (Wildman–Crippen MR) is 151 cm³/mol. The summed E-state index contributed by atoms with van der Waals surface area (Å²) in [6, 6.07) is 22.7. The summed E-state index contributed by atoms with van der Waals surface area (Å²) in [6.45, 7) is 4.68. The number of rotatable bonds is 10. The molecule has 1 atom stereocenters. The number of hydrogen-bond donors (Lipinski definition) is 3. The van der Waals surface area contributed by atoms with E-state index in [1.807, 2.05) is 36.4 Å². The third kappa shape index (κ3) is 7.68. The van der Waals surface area contributed by atoms with Crippen molar-refractivity contribution in [2.24, 2.45) is 16.6 Å². The molecule has 3 aromatic carbocycles. The lowest BCUT2D eigenvalue weighted by molar-refractivity contribution is -0.110. The van der Waals surface area contributed by atoms with Gasteiger partial charge < -0.3 is 16.4 Å². The number of nitrogens with two attached hydrogens (primary N) is 1. The van der Waals surface area contributed by atoms with Gasteiger partial charge >= 0.3 is 6.18 Å². The maximum atomic E-state index is 13.2. The first-order valence-corrected chi connectivity index (χ1v) is 12.7. The molecule has 1 saturated carbocycles. The number of nitrogens with zero attached hydrogens (tertiary/aromatic N) is 2. The summed E-state index contributed by atoms with van der Waals surface area (Å²) in [5, 5.41) is 15.4. The van der Waals surface area contributed by atoms with Crippen LogP contribution < -0.4 is 16.4 Å². The van der Waals surface area contributed by atoms with Crippen molar-refractivity contribution in [1.82, 2.24) is 5.32 Å². The van der Waals surface area contributed by atoms with E-state index in [-0.39, 0.29) is 17.3 Å². The monoisotopic (exact) mass is 543 g/mol. The second kappa shape index (κ2) is 12.5. The Morgan fingerprint density at radius 2 is 1.80 bits per heavy atom. The molecule has 3 aromatic rings. The summed E-state index contributed by atoms with van der Waals surface area (Å²) < 4.78 is 39.6. The number of nitriles is 1. The first kappa shape index (κ1) is 28.3. The Morgan fingerprint density at radius 1 is 1.10 bits per heavy atom. The fourth-order valence-corrected chi connectivity index (χ4v) is 4.05. The van der Waals surface area contributed by atoms with Crippen LogP contribution in [0.25, 0.3) is 6.08 Å². The molecular formula is C31H28F3N5O. The van der Waals surface area contributed by atoms with Gasteiger partial charge in [0.2, 0.25) is 0 Å². The lowest BCUT2D eigenvalue weighted by atomic mass is 9.96. The van der Waals surface area contributed by atoms with E-state index in [9.17, 15) is 18.0 Å². The number of carbonyl (C=O) groups is 1. The molecule has 40 heavy (non-hydrogen) atoms. The molecule has 0 aliphatic heterocycles. The van der Waals surface area contributed by atoms with E-state index in [2.05, 4.69) is 22.2 Å². The minimum atomic E-state index is -4.85. The third-order valence-corrected chi connectivity index (χ3v) is 6.34. The average Bonchev–Trinajstić information content (AvgIpc) is 3.77. The fourth-order valence-electron chi connectivity index (χ4n) is 4.05. The van der Waals surface area contributed by atoms with Crippen molar-refractivity contribution in [2.45, 2.75) is 25.1 Å². The van der Waals surface area contributed by atoms with Gasteiger partial charge in [0.05, 0.1) is 23.4 Å². The van der Waals surface area contributed by atoms with E-state index in [1.54, 1.807) is 24.3 Å². The molecule has 0 radical (unpaired) electrons. The standard InChI is InChI=1S/C31H28F3N5O/c1-2-20-6-3-8-23(14-20)29(37-19-21-12-13-21)24-9-5-11-26(16-24)39-30(40)27(17-28(36)31(32,33)34)38-25-10-4-7-22(15-25)18-35/h2-11,14-17,21,29,37H,1,12-13,19,36H2,(H,39,40)/b28-17-,38-27?. The Morgan fingerprint density at radius 3 is 2.48 bits per heavy atom. The number of benzene rings is 3. The molecule has 0 saturated heterocycles. The minimum Gasteiger partial charge on any atom is -0.395 e. The molecule has 1 fully saturated rings. The van der Waals surface area contributed by atoms with Crippen molar-refractivity contribution in [3.8, 4) is 6.07 Å². The summed E-state index contributed by atoms with van der Waals surface area (Å²) in [7, 11) is 0. The Labute approximate surface area is 230 Å². The van der Waals surface area contributed by atoms with Gasteiger partial charge in [-0.2, -0.15) is 18.4 Å². The van der Waals surface area contributed by atoms with E-state index in [1.165, 1.54) is 37.1 Å². The van der Waals surface area contributed by atoms with Crippen molar-refractivity contribution in [1.29, 1.82) is 5.26 Å². The zero-order valence-corrected chi connectivity index (χ0v) is 21.6. The SMILES string of the molecule is C=Cc1cccc(C(NCC2CC2)c2cccc(NC(=O)C(/C=C(\N)C(F)(F)F)=Nc3cccc(C#N)c3)c2)c1. The second-order valence-corrected chi connectivity index (χ2v) is 9.50. The molecule has 0 heterocycles. The fraction of sp³-hybridized carbons (Fsp3) is 0.194. The van der Waals surface area contributed by atoms with Crippen LogP contribution in [-0.4, -0.2) is 24.3 Å². The lowest BCUT2D eigenvalue weighted by Crippen LogP contribution is -2.27. The highest BCUT2D eigenvalue weighted by atomic mass is 19.4. The molecule has 6 nitrogen and oxygen atoms in total. The highest BCUT2D eigenvalue weighted by Gasteiger charge is 2.32. The molecule has 0 aromatic heterocycles. The van der Waals surface area contributed by atoms with Crippen molar-refractivity contribution < 1.29 is 18.0 Å². The van der Waals surface area contributed by atoms with Crippen molar-refractivity contribution in [3.63, 3.8) is 0 Å². The van der Waals surface area contributed by atoms with Crippen molar-refractivity contribution >= 4 is 29.1 Å². The first-order valence-electron chi connectivity index (χ1n) is 12.7. The summed E-state index contributed by atoms with van der Waals surface area (Å²) in [4.78, 5) is 17.3. The third-order valence-electron chi connectivity index (χ3n) is 6.34. The number of halogens is 3. The van der Waals surface area contributed by atoms with Crippen LogP contribution in [0.3, 0.4) is 0 Å². The summed E-state index contributed by atoms with van der Waals surface area (Å²) >= 11 is 0. The Hall–Kier alpha value is -4.68. The van der Waals surface area contributed by atoms with Gasteiger partial charge in [-0.25, -0.2) is 4.99 Å². The number of anilines is 1. The van der Waals surface area contributed by atoms with E-state index >= 15 is 0 Å². The van der Waals surface area contributed by atoms with Gasteiger partial charge in [0.25, 0.3) is 5.91 Å². The van der Waals surface area contributed by atoms with Crippen LogP contribution >= 0.6 is 0 Å². The average molecular weight is 544 g/mol. The summed E-state index contributed by atoms with van der Waals surface area (Å²) in [6.07, 6.45) is -0.243. The van der Waals surface area contributed by atoms with Gasteiger partial charge in [-0.3, -0.25) is 4.79 Å². The second-order valence-electron chi connectivity index (χ2n) is 9.50. The number of allylic oxidation sites excluding steroid dienone is 1. The number of nitrogens with one attached hydrogen (secondary N) is 2. The van der Waals surface area contributed by atoms with E-state index in [0.717, 1.165) is 23.2 Å². The molecule has 4 N–H and O–H groups in total. The maximum absolute atomic E-state index is 13.2. The number of amides is 1. The van der Waals surface area contributed by atoms with Gasteiger partial charge in [0, 0.05) is 5.69 Å². The zero-order valence-electron chi connectivity index (χ0n) is 21.6. The minimum absolute atomic E-state index is 0.135. The largest absolute Gasteiger partial charge is 0.430 e. The number of hydrogen-bond acceptors (Lipinski definition) is 5. The van der Waals surface area contributed by atoms with Crippen LogP contribution in [0, 0.1) is 17.2 Å². The maximum Gasteiger partial charge on any atom is 0.430 e. The smallest absolute Gasteiger partial charge is 0.395 e. The van der Waals surface area contributed by atoms with Crippen molar-refractivity contribution in [2.75, 3.05) is 11.9 Å². The van der Waals surface area contributed by atoms with Crippen LogP contribution in [0.5, 0.6) is 0 Å². The highest BCUT2D eigenvalue weighted by Crippen LogP contribution is 2.31. The highest BCUT2D eigenvalue weighted by molar-refractivity contribution is 6.47. The molecule has 1 aliphatic carbocycles. The predicted octanol–water partition coefficient (Wildman–Crippen LogP) is 6.41. The Bertz CT molecular complexity index is 1500. The van der Waals surface area contributed by atoms with Gasteiger partial charge in [-0.15, -0.1) is 0 Å². The quantitative estimate of drug-likeness (QED) is 0.257. The topological polar surface area (TPSA) is 103 Å². The molecular weight excluding hydrogens is 515 g/mol. The van der Waals surface area contributed by atoms with Crippen LogP contribution in [0.15, 0.2) is 96.1 Å². The molecule has 0 spiro atoms. The van der Waals surface area contributed by atoms with Gasteiger partial charge in [-0.1, -0.05) is 49.1 Å². The Balaban J connectivity index is 1.65. The van der Waals surface area contributed by atoms with Gasteiger partial charge in [-0.05, 0) is 84.5 Å². The molecule has 1 unspecified atom stereocenters. The van der Waals surface area contributed by atoms with Crippen LogP contribution in [-0.2, 0) is 4.79 Å². The van der Waals surface area contributed by atoms with Crippen molar-refractivity contribution in [3.05, 3.63) is 113 Å². The molecule has 0 bridgehead atoms. The molecule has 9 heteroatoms. The molecule has 204 valence electrons. The van der Waals surface area contributed by atoms with E-state index in [0.29, 0.717) is 17.7 Å². The van der Waals surface area contributed by atoms with Crippen LogP contribution in [0.2, 0.25) is 0 Å². The van der Waals surface area contributed by atoms with Gasteiger partial charge in [0.1, 0.15) is 11.4 Å². The van der Waals surface area contributed by atoms with Gasteiger partial charge in [0.15, 0.2) is 0 Å². The number of alkyl halides is 3. The molecule has 1 aliphatic rings. The number of aliphatic imine (C=N–C) groups is 1. The lowest BCUT2D eigenvalue weighted by Gasteiger charge is -2.21. The molecule has 4 rings (SSSR count). The normalized spacial score (nSPS) is 14.8. The first-order chi connectivity index (χ1) is 19.2. The summed E-state index contributed by atoms with van der Waals surface area (Å²) in [5.41, 5.74) is 6.78. The van der Waals surface area contributed by atoms with Crippen LogP contribution in [0.4, 0.5) is 24.5 Å². The number of carbonyl (C=O) groups excluding carboxylic acids is 1. The van der Waals surface area contributed by atoms with E-state index < -0.39 is 23.5 Å². The molecule has 1 amide bonds. The zero-order chi connectivity index (χ0) is 28.7.